The van der Waals surface area contributed by atoms with E-state index in [0.29, 0.717) is 6.54 Å². The Kier molecular flexibility index (Phi) is 5.42. The number of benzene rings is 2. The first-order valence-electron chi connectivity index (χ1n) is 9.76. The van der Waals surface area contributed by atoms with Crippen LogP contribution in [0.3, 0.4) is 0 Å². The minimum Gasteiger partial charge on any atom is -0.336 e. The summed E-state index contributed by atoms with van der Waals surface area (Å²) in [7, 11) is 2.07. The maximum Gasteiger partial charge on any atom is 0.253 e. The maximum atomic E-state index is 13.4. The first-order valence-corrected chi connectivity index (χ1v) is 9.76. The third-order valence-electron chi connectivity index (χ3n) is 5.70. The second kappa shape index (κ2) is 7.97. The summed E-state index contributed by atoms with van der Waals surface area (Å²) in [5, 5.41) is 3.46. The molecule has 1 N–H and O–H groups in total. The Morgan fingerprint density at radius 1 is 1.07 bits per heavy atom. The molecular weight excluding hydrogens is 360 g/mol. The molecule has 0 bridgehead atoms. The van der Waals surface area contributed by atoms with Gasteiger partial charge in [-0.15, -0.1) is 0 Å². The summed E-state index contributed by atoms with van der Waals surface area (Å²) in [6.45, 7) is 3.97. The van der Waals surface area contributed by atoms with Crippen LogP contribution < -0.4 is 5.32 Å². The van der Waals surface area contributed by atoms with Gasteiger partial charge in [0.25, 0.3) is 5.91 Å². The van der Waals surface area contributed by atoms with Crippen LogP contribution in [0.1, 0.15) is 33.8 Å². The molecule has 2 aromatic carbocycles. The molecule has 4 rings (SSSR count). The van der Waals surface area contributed by atoms with Crippen LogP contribution in [-0.2, 0) is 6.54 Å². The number of nitrogens with zero attached hydrogens (tertiary/aromatic N) is 2. The fourth-order valence-electron chi connectivity index (χ4n) is 3.79. The van der Waals surface area contributed by atoms with Gasteiger partial charge in [0, 0.05) is 50.2 Å². The standard InChI is InChI=1S/C22H25F2N3O/c1-26-7-9-27(10-8-26)22(28)17-4-2-3-15(11-17)14-25-21-13-18(21)16-5-6-19(23)20(24)12-16/h2-6,11-12,18,21,25H,7-10,13-14H2,1H3/t18-,21+/m0/s1. The molecule has 2 aromatic rings. The lowest BCUT2D eigenvalue weighted by molar-refractivity contribution is 0.0664. The van der Waals surface area contributed by atoms with E-state index in [9.17, 15) is 13.6 Å². The van der Waals surface area contributed by atoms with Crippen molar-refractivity contribution >= 4 is 5.91 Å². The third-order valence-corrected chi connectivity index (χ3v) is 5.70. The summed E-state index contributed by atoms with van der Waals surface area (Å²) in [6, 6.07) is 12.1. The Hall–Kier alpha value is -2.31. The number of rotatable bonds is 5. The molecule has 2 atom stereocenters. The van der Waals surface area contributed by atoms with Crippen LogP contribution in [0.2, 0.25) is 0 Å². The van der Waals surface area contributed by atoms with Gasteiger partial charge in [0.05, 0.1) is 0 Å². The van der Waals surface area contributed by atoms with Crippen LogP contribution in [0.15, 0.2) is 42.5 Å². The van der Waals surface area contributed by atoms with Gasteiger partial charge in [-0.3, -0.25) is 4.79 Å². The molecule has 2 fully saturated rings. The van der Waals surface area contributed by atoms with Gasteiger partial charge >= 0.3 is 0 Å². The highest BCUT2D eigenvalue weighted by molar-refractivity contribution is 5.94. The van der Waals surface area contributed by atoms with E-state index in [1.54, 1.807) is 6.07 Å². The first kappa shape index (κ1) is 19.0. The van der Waals surface area contributed by atoms with Crippen molar-refractivity contribution < 1.29 is 13.6 Å². The van der Waals surface area contributed by atoms with Crippen LogP contribution in [0, 0.1) is 11.6 Å². The molecule has 4 nitrogen and oxygen atoms in total. The number of nitrogens with one attached hydrogen (secondary N) is 1. The van der Waals surface area contributed by atoms with Crippen molar-refractivity contribution in [2.45, 2.75) is 24.9 Å². The van der Waals surface area contributed by atoms with Gasteiger partial charge in [-0.25, -0.2) is 8.78 Å². The van der Waals surface area contributed by atoms with E-state index in [4.69, 9.17) is 0 Å². The van der Waals surface area contributed by atoms with E-state index >= 15 is 0 Å². The Labute approximate surface area is 164 Å². The molecular formula is C22H25F2N3O. The quantitative estimate of drug-likeness (QED) is 0.860. The average Bonchev–Trinajstić information content (AvgIpc) is 3.48. The van der Waals surface area contributed by atoms with Crippen molar-refractivity contribution in [1.29, 1.82) is 0 Å². The minimum atomic E-state index is -0.809. The van der Waals surface area contributed by atoms with E-state index in [0.717, 1.165) is 49.3 Å². The summed E-state index contributed by atoms with van der Waals surface area (Å²) in [5.74, 6) is -1.31. The smallest absolute Gasteiger partial charge is 0.253 e. The van der Waals surface area contributed by atoms with Crippen molar-refractivity contribution in [3.63, 3.8) is 0 Å². The van der Waals surface area contributed by atoms with Crippen LogP contribution >= 0.6 is 0 Å². The Balaban J connectivity index is 1.33. The number of carbonyl (C=O) groups excluding carboxylic acids is 1. The van der Waals surface area contributed by atoms with Gasteiger partial charge in [0.15, 0.2) is 11.6 Å². The second-order valence-electron chi connectivity index (χ2n) is 7.80. The van der Waals surface area contributed by atoms with Crippen LogP contribution in [-0.4, -0.2) is 55.0 Å². The average molecular weight is 385 g/mol. The zero-order chi connectivity index (χ0) is 19.7. The molecule has 148 valence electrons. The normalized spacial score (nSPS) is 22.3. The zero-order valence-electron chi connectivity index (χ0n) is 16.0. The molecule has 2 aliphatic rings. The Morgan fingerprint density at radius 3 is 2.61 bits per heavy atom. The molecule has 28 heavy (non-hydrogen) atoms. The molecule has 1 aliphatic heterocycles. The van der Waals surface area contributed by atoms with E-state index in [-0.39, 0.29) is 17.9 Å². The number of halogens is 2. The molecule has 1 heterocycles. The molecule has 1 saturated carbocycles. The monoisotopic (exact) mass is 385 g/mol. The summed E-state index contributed by atoms with van der Waals surface area (Å²) < 4.78 is 26.5. The Bertz CT molecular complexity index is 865. The molecule has 1 aliphatic carbocycles. The number of amides is 1. The lowest BCUT2D eigenvalue weighted by atomic mass is 10.1. The SMILES string of the molecule is CN1CCN(C(=O)c2cccc(CN[C@@H]3C[C@H]3c3ccc(F)c(F)c3)c2)CC1. The number of likely N-dealkylation sites (N-methyl/N-ethyl adjacent to an activating group) is 1. The lowest BCUT2D eigenvalue weighted by Crippen LogP contribution is -2.47. The van der Waals surface area contributed by atoms with Gasteiger partial charge in [-0.05, 0) is 48.9 Å². The van der Waals surface area contributed by atoms with Crippen LogP contribution in [0.25, 0.3) is 0 Å². The predicted molar refractivity (Wildman–Crippen MR) is 104 cm³/mol. The first-order chi connectivity index (χ1) is 13.5. The second-order valence-corrected chi connectivity index (χ2v) is 7.80. The molecule has 0 spiro atoms. The van der Waals surface area contributed by atoms with Crippen molar-refractivity contribution in [2.75, 3.05) is 33.2 Å². The van der Waals surface area contributed by atoms with E-state index in [1.807, 2.05) is 29.2 Å². The highest BCUT2D eigenvalue weighted by Gasteiger charge is 2.38. The van der Waals surface area contributed by atoms with Crippen LogP contribution in [0.5, 0.6) is 0 Å². The summed E-state index contributed by atoms with van der Waals surface area (Å²) in [4.78, 5) is 16.9. The number of carbonyl (C=O) groups is 1. The zero-order valence-corrected chi connectivity index (χ0v) is 16.0. The van der Waals surface area contributed by atoms with E-state index < -0.39 is 11.6 Å². The lowest BCUT2D eigenvalue weighted by Gasteiger charge is -2.32. The summed E-state index contributed by atoms with van der Waals surface area (Å²) >= 11 is 0. The van der Waals surface area contributed by atoms with E-state index in [2.05, 4.69) is 17.3 Å². The number of hydrogen-bond acceptors (Lipinski definition) is 3. The van der Waals surface area contributed by atoms with Crippen molar-refractivity contribution in [2.24, 2.45) is 0 Å². The summed E-state index contributed by atoms with van der Waals surface area (Å²) in [5.41, 5.74) is 2.60. The molecule has 0 aromatic heterocycles. The number of hydrogen-bond donors (Lipinski definition) is 1. The third kappa shape index (κ3) is 4.23. The largest absolute Gasteiger partial charge is 0.336 e. The highest BCUT2D eigenvalue weighted by atomic mass is 19.2. The molecule has 1 amide bonds. The minimum absolute atomic E-state index is 0.0843. The molecule has 6 heteroatoms. The van der Waals surface area contributed by atoms with Crippen molar-refractivity contribution in [3.8, 4) is 0 Å². The molecule has 1 saturated heterocycles. The maximum absolute atomic E-state index is 13.4. The van der Waals surface area contributed by atoms with Crippen molar-refractivity contribution in [3.05, 3.63) is 70.8 Å². The Morgan fingerprint density at radius 2 is 1.86 bits per heavy atom. The van der Waals surface area contributed by atoms with Gasteiger partial charge in [-0.1, -0.05) is 18.2 Å². The van der Waals surface area contributed by atoms with Crippen LogP contribution in [0.4, 0.5) is 8.78 Å². The fraction of sp³-hybridized carbons (Fsp3) is 0.409. The topological polar surface area (TPSA) is 35.6 Å². The molecule has 0 radical (unpaired) electrons. The fourth-order valence-corrected chi connectivity index (χ4v) is 3.79. The van der Waals surface area contributed by atoms with Gasteiger partial charge in [-0.2, -0.15) is 0 Å². The summed E-state index contributed by atoms with van der Waals surface area (Å²) in [6.07, 6.45) is 0.908. The van der Waals surface area contributed by atoms with Gasteiger partial charge < -0.3 is 15.1 Å². The number of piperazine rings is 1. The molecule has 0 unspecified atom stereocenters. The van der Waals surface area contributed by atoms with Gasteiger partial charge in [0.2, 0.25) is 0 Å². The highest BCUT2D eigenvalue weighted by Crippen LogP contribution is 2.41. The van der Waals surface area contributed by atoms with Gasteiger partial charge in [0.1, 0.15) is 0 Å². The van der Waals surface area contributed by atoms with Crippen molar-refractivity contribution in [1.82, 2.24) is 15.1 Å². The predicted octanol–water partition coefficient (Wildman–Crippen LogP) is 3.00. The van der Waals surface area contributed by atoms with E-state index in [1.165, 1.54) is 12.1 Å².